The summed E-state index contributed by atoms with van der Waals surface area (Å²) >= 11 is 0. The van der Waals surface area contributed by atoms with Crippen LogP contribution in [0, 0.1) is 12.3 Å². The van der Waals surface area contributed by atoms with Crippen LogP contribution in [-0.4, -0.2) is 61.8 Å². The minimum absolute atomic E-state index is 0.187. The third-order valence-corrected chi connectivity index (χ3v) is 3.36. The Balaban J connectivity index is 2.76. The SMILES string of the molecule is C#CC(C)(C)N1C[C@@H](OC)C[C@H]1CN(C)C. The molecule has 92 valence electrons. The average Bonchev–Trinajstić information content (AvgIpc) is 2.61. The lowest BCUT2D eigenvalue weighted by atomic mass is 10.0. The maximum absolute atomic E-state index is 5.62. The normalized spacial score (nSPS) is 27.3. The van der Waals surface area contributed by atoms with E-state index in [1.54, 1.807) is 7.11 Å². The first-order valence-corrected chi connectivity index (χ1v) is 5.82. The van der Waals surface area contributed by atoms with Crippen molar-refractivity contribution in [1.29, 1.82) is 0 Å². The molecule has 0 N–H and O–H groups in total. The molecule has 1 heterocycles. The molecule has 0 saturated carbocycles. The number of nitrogens with zero attached hydrogens (tertiary/aromatic N) is 2. The van der Waals surface area contributed by atoms with E-state index in [0.717, 1.165) is 19.5 Å². The first kappa shape index (κ1) is 13.5. The third kappa shape index (κ3) is 2.98. The van der Waals surface area contributed by atoms with Gasteiger partial charge in [0.25, 0.3) is 0 Å². The van der Waals surface area contributed by atoms with Crippen LogP contribution in [0.1, 0.15) is 20.3 Å². The lowest BCUT2D eigenvalue weighted by Crippen LogP contribution is -2.49. The molecule has 2 atom stereocenters. The van der Waals surface area contributed by atoms with Crippen molar-refractivity contribution in [1.82, 2.24) is 9.80 Å². The monoisotopic (exact) mass is 224 g/mol. The average molecular weight is 224 g/mol. The van der Waals surface area contributed by atoms with Gasteiger partial charge in [-0.3, -0.25) is 4.90 Å². The lowest BCUT2D eigenvalue weighted by Gasteiger charge is -2.36. The first-order chi connectivity index (χ1) is 7.40. The van der Waals surface area contributed by atoms with Gasteiger partial charge in [-0.15, -0.1) is 6.42 Å². The highest BCUT2D eigenvalue weighted by molar-refractivity contribution is 5.12. The van der Waals surface area contributed by atoms with Gasteiger partial charge < -0.3 is 9.64 Å². The summed E-state index contributed by atoms with van der Waals surface area (Å²) < 4.78 is 5.46. The summed E-state index contributed by atoms with van der Waals surface area (Å²) in [4.78, 5) is 4.60. The molecule has 1 saturated heterocycles. The largest absolute Gasteiger partial charge is 0.380 e. The van der Waals surface area contributed by atoms with Crippen LogP contribution in [0.5, 0.6) is 0 Å². The Morgan fingerprint density at radius 3 is 2.56 bits per heavy atom. The molecule has 1 fully saturated rings. The smallest absolute Gasteiger partial charge is 0.0769 e. The Kier molecular flexibility index (Phi) is 4.37. The number of ether oxygens (including phenoxy) is 1. The van der Waals surface area contributed by atoms with Crippen molar-refractivity contribution < 1.29 is 4.74 Å². The minimum Gasteiger partial charge on any atom is -0.380 e. The van der Waals surface area contributed by atoms with Gasteiger partial charge >= 0.3 is 0 Å². The standard InChI is InChI=1S/C13H24N2O/c1-7-13(2,3)15-10-12(16-6)8-11(15)9-14(4)5/h1,11-12H,8-10H2,2-6H3/t11-,12-/m0/s1. The fourth-order valence-corrected chi connectivity index (χ4v) is 2.41. The van der Waals surface area contributed by atoms with Gasteiger partial charge in [0.1, 0.15) is 0 Å². The number of rotatable bonds is 4. The highest BCUT2D eigenvalue weighted by Gasteiger charge is 2.39. The highest BCUT2D eigenvalue weighted by atomic mass is 16.5. The van der Waals surface area contributed by atoms with Gasteiger partial charge in [-0.2, -0.15) is 0 Å². The van der Waals surface area contributed by atoms with E-state index < -0.39 is 0 Å². The zero-order valence-electron chi connectivity index (χ0n) is 11.2. The van der Waals surface area contributed by atoms with Crippen LogP contribution in [0.15, 0.2) is 0 Å². The second-order valence-electron chi connectivity index (χ2n) is 5.37. The Morgan fingerprint density at radius 2 is 2.12 bits per heavy atom. The van der Waals surface area contributed by atoms with Crippen LogP contribution in [0.3, 0.4) is 0 Å². The third-order valence-electron chi connectivity index (χ3n) is 3.36. The Bertz CT molecular complexity index is 268. The number of hydrogen-bond acceptors (Lipinski definition) is 3. The number of hydrogen-bond donors (Lipinski definition) is 0. The van der Waals surface area contributed by atoms with Crippen molar-refractivity contribution >= 4 is 0 Å². The molecule has 3 heteroatoms. The number of likely N-dealkylation sites (N-methyl/N-ethyl adjacent to an activating group) is 1. The van der Waals surface area contributed by atoms with Gasteiger partial charge in [-0.1, -0.05) is 5.92 Å². The number of methoxy groups -OCH3 is 1. The van der Waals surface area contributed by atoms with E-state index in [0.29, 0.717) is 12.1 Å². The molecule has 0 aromatic heterocycles. The van der Waals surface area contributed by atoms with Crippen LogP contribution < -0.4 is 0 Å². The molecular formula is C13H24N2O. The van der Waals surface area contributed by atoms with E-state index in [2.05, 4.69) is 43.7 Å². The molecule has 0 amide bonds. The van der Waals surface area contributed by atoms with Gasteiger partial charge in [-0.25, -0.2) is 0 Å². The second-order valence-corrected chi connectivity index (χ2v) is 5.37. The van der Waals surface area contributed by atoms with E-state index in [4.69, 9.17) is 11.2 Å². The summed E-state index contributed by atoms with van der Waals surface area (Å²) in [6.07, 6.45) is 7.01. The van der Waals surface area contributed by atoms with Crippen LogP contribution in [0.4, 0.5) is 0 Å². The molecule has 1 aliphatic heterocycles. The van der Waals surface area contributed by atoms with Crippen molar-refractivity contribution in [3.63, 3.8) is 0 Å². The summed E-state index contributed by atoms with van der Waals surface area (Å²) in [6.45, 7) is 6.18. The number of likely N-dealkylation sites (tertiary alicyclic amines) is 1. The zero-order chi connectivity index (χ0) is 12.3. The molecule has 1 aliphatic rings. The van der Waals surface area contributed by atoms with Crippen LogP contribution in [-0.2, 0) is 4.74 Å². The fraction of sp³-hybridized carbons (Fsp3) is 0.846. The molecule has 3 nitrogen and oxygen atoms in total. The molecule has 0 spiro atoms. The maximum atomic E-state index is 5.62. The summed E-state index contributed by atoms with van der Waals surface area (Å²) in [6, 6.07) is 0.492. The van der Waals surface area contributed by atoms with E-state index in [9.17, 15) is 0 Å². The quantitative estimate of drug-likeness (QED) is 0.664. The van der Waals surface area contributed by atoms with Crippen LogP contribution in [0.25, 0.3) is 0 Å². The predicted octanol–water partition coefficient (Wildman–Crippen LogP) is 1.05. The Morgan fingerprint density at radius 1 is 1.50 bits per heavy atom. The molecule has 0 radical (unpaired) electrons. The summed E-state index contributed by atoms with van der Waals surface area (Å²) in [7, 11) is 5.98. The van der Waals surface area contributed by atoms with Crippen LogP contribution in [0.2, 0.25) is 0 Å². The Hall–Kier alpha value is -0.560. The topological polar surface area (TPSA) is 15.7 Å². The van der Waals surface area contributed by atoms with Gasteiger partial charge in [-0.05, 0) is 34.4 Å². The van der Waals surface area contributed by atoms with Crippen molar-refractivity contribution in [2.24, 2.45) is 0 Å². The van der Waals surface area contributed by atoms with E-state index >= 15 is 0 Å². The molecule has 1 rings (SSSR count). The van der Waals surface area contributed by atoms with Crippen molar-refractivity contribution in [3.05, 3.63) is 0 Å². The van der Waals surface area contributed by atoms with Gasteiger partial charge in [0.05, 0.1) is 11.6 Å². The van der Waals surface area contributed by atoms with Gasteiger partial charge in [0, 0.05) is 26.2 Å². The number of terminal acetylenes is 1. The molecular weight excluding hydrogens is 200 g/mol. The summed E-state index contributed by atoms with van der Waals surface area (Å²) in [5.74, 6) is 2.88. The fourth-order valence-electron chi connectivity index (χ4n) is 2.41. The predicted molar refractivity (Wildman–Crippen MR) is 67.4 cm³/mol. The maximum Gasteiger partial charge on any atom is 0.0769 e. The summed E-state index contributed by atoms with van der Waals surface area (Å²) in [5, 5.41) is 0. The summed E-state index contributed by atoms with van der Waals surface area (Å²) in [5.41, 5.74) is -0.187. The van der Waals surface area contributed by atoms with Crippen molar-refractivity contribution in [2.75, 3.05) is 34.3 Å². The molecule has 0 aliphatic carbocycles. The minimum atomic E-state index is -0.187. The van der Waals surface area contributed by atoms with Gasteiger partial charge in [0.2, 0.25) is 0 Å². The van der Waals surface area contributed by atoms with Crippen molar-refractivity contribution in [3.8, 4) is 12.3 Å². The molecule has 0 aromatic carbocycles. The van der Waals surface area contributed by atoms with Gasteiger partial charge in [0.15, 0.2) is 0 Å². The molecule has 0 aromatic rings. The van der Waals surface area contributed by atoms with Crippen LogP contribution >= 0.6 is 0 Å². The van der Waals surface area contributed by atoms with Crippen molar-refractivity contribution in [2.45, 2.75) is 38.0 Å². The zero-order valence-corrected chi connectivity index (χ0v) is 11.2. The van der Waals surface area contributed by atoms with E-state index in [1.165, 1.54) is 0 Å². The van der Waals surface area contributed by atoms with E-state index in [-0.39, 0.29) is 5.54 Å². The first-order valence-electron chi connectivity index (χ1n) is 5.82. The Labute approximate surface area is 99.7 Å². The molecule has 0 unspecified atom stereocenters. The lowest BCUT2D eigenvalue weighted by molar-refractivity contribution is 0.0907. The molecule has 16 heavy (non-hydrogen) atoms. The van der Waals surface area contributed by atoms with E-state index in [1.807, 2.05) is 0 Å². The highest BCUT2D eigenvalue weighted by Crippen LogP contribution is 2.28. The second kappa shape index (κ2) is 5.18. The molecule has 0 bridgehead atoms.